The molecule has 0 aliphatic rings. The Morgan fingerprint density at radius 3 is 2.47 bits per heavy atom. The number of nitrogen functional groups attached to an aromatic ring is 1. The number of nitrogens with one attached hydrogen (secondary N) is 1. The Morgan fingerprint density at radius 1 is 1.42 bits per heavy atom. The highest BCUT2D eigenvalue weighted by Crippen LogP contribution is 2.28. The minimum atomic E-state index is -0.723. The van der Waals surface area contributed by atoms with Gasteiger partial charge in [0, 0.05) is 5.69 Å². The largest absolute Gasteiger partial charge is 0.375 e. The quantitative estimate of drug-likeness (QED) is 0.829. The summed E-state index contributed by atoms with van der Waals surface area (Å²) in [4.78, 5) is 16.3. The Labute approximate surface area is 122 Å². The molecule has 2 rings (SSSR count). The SMILES string of the molecule is Cc1nc(N)sc1C(=O)Nc1cc(Cl)c(F)c(Cl)c1. The van der Waals surface area contributed by atoms with Crippen LogP contribution in [-0.2, 0) is 0 Å². The van der Waals surface area contributed by atoms with Crippen molar-refractivity contribution in [2.24, 2.45) is 0 Å². The van der Waals surface area contributed by atoms with E-state index in [1.54, 1.807) is 6.92 Å². The van der Waals surface area contributed by atoms with Crippen LogP contribution < -0.4 is 11.1 Å². The summed E-state index contributed by atoms with van der Waals surface area (Å²) >= 11 is 12.4. The van der Waals surface area contributed by atoms with Crippen molar-refractivity contribution in [1.82, 2.24) is 4.98 Å². The van der Waals surface area contributed by atoms with Crippen molar-refractivity contribution in [1.29, 1.82) is 0 Å². The number of nitrogens with two attached hydrogens (primary N) is 1. The number of halogens is 3. The van der Waals surface area contributed by atoms with Crippen molar-refractivity contribution in [3.63, 3.8) is 0 Å². The zero-order valence-corrected chi connectivity index (χ0v) is 12.0. The summed E-state index contributed by atoms with van der Waals surface area (Å²) in [6, 6.07) is 2.56. The maximum Gasteiger partial charge on any atom is 0.267 e. The first-order valence-corrected chi connectivity index (χ1v) is 6.64. The number of nitrogens with zero attached hydrogens (tertiary/aromatic N) is 1. The minimum absolute atomic E-state index is 0.164. The van der Waals surface area contributed by atoms with Crippen molar-refractivity contribution in [2.45, 2.75) is 6.92 Å². The standard InChI is InChI=1S/C11H8Cl2FN3OS/c1-4-9(19-11(15)16-4)10(18)17-5-2-6(12)8(14)7(13)3-5/h2-3H,1H3,(H2,15,16)(H,17,18). The highest BCUT2D eigenvalue weighted by molar-refractivity contribution is 7.17. The van der Waals surface area contributed by atoms with E-state index in [2.05, 4.69) is 10.3 Å². The number of anilines is 2. The van der Waals surface area contributed by atoms with Gasteiger partial charge in [-0.05, 0) is 19.1 Å². The smallest absolute Gasteiger partial charge is 0.267 e. The molecule has 100 valence electrons. The topological polar surface area (TPSA) is 68.0 Å². The first kappa shape index (κ1) is 14.0. The lowest BCUT2D eigenvalue weighted by Gasteiger charge is -2.06. The van der Waals surface area contributed by atoms with Crippen LogP contribution in [0.15, 0.2) is 12.1 Å². The normalized spacial score (nSPS) is 10.5. The highest BCUT2D eigenvalue weighted by Gasteiger charge is 2.16. The van der Waals surface area contributed by atoms with Gasteiger partial charge >= 0.3 is 0 Å². The number of rotatable bonds is 2. The molecule has 0 unspecified atom stereocenters. The fraction of sp³-hybridized carbons (Fsp3) is 0.0909. The maximum atomic E-state index is 13.2. The van der Waals surface area contributed by atoms with Crippen LogP contribution >= 0.6 is 34.5 Å². The molecule has 0 spiro atoms. The Balaban J connectivity index is 2.27. The van der Waals surface area contributed by atoms with E-state index in [9.17, 15) is 9.18 Å². The van der Waals surface area contributed by atoms with Crippen LogP contribution in [0.4, 0.5) is 15.2 Å². The van der Waals surface area contributed by atoms with Gasteiger partial charge in [0.05, 0.1) is 15.7 Å². The number of amides is 1. The van der Waals surface area contributed by atoms with Crippen molar-refractivity contribution in [3.8, 4) is 0 Å². The average Bonchev–Trinajstić information content (AvgIpc) is 2.65. The molecule has 1 aromatic carbocycles. The Hall–Kier alpha value is -1.37. The van der Waals surface area contributed by atoms with Crippen molar-refractivity contribution >= 4 is 51.3 Å². The van der Waals surface area contributed by atoms with Crippen molar-refractivity contribution in [2.75, 3.05) is 11.1 Å². The number of carbonyl (C=O) groups is 1. The van der Waals surface area contributed by atoms with Gasteiger partial charge in [0.15, 0.2) is 10.9 Å². The predicted octanol–water partition coefficient (Wildman–Crippen LogP) is 3.73. The van der Waals surface area contributed by atoms with E-state index in [1.807, 2.05) is 0 Å². The molecular formula is C11H8Cl2FN3OS. The molecule has 0 radical (unpaired) electrons. The second-order valence-corrected chi connectivity index (χ2v) is 5.52. The summed E-state index contributed by atoms with van der Waals surface area (Å²) in [5.41, 5.74) is 6.34. The van der Waals surface area contributed by atoms with Crippen LogP contribution in [-0.4, -0.2) is 10.9 Å². The summed E-state index contributed by atoms with van der Waals surface area (Å²) < 4.78 is 13.2. The molecule has 1 heterocycles. The van der Waals surface area contributed by atoms with Gasteiger partial charge in [0.1, 0.15) is 4.88 Å². The first-order chi connectivity index (χ1) is 8.88. The number of hydrogen-bond acceptors (Lipinski definition) is 4. The number of carbonyl (C=O) groups excluding carboxylic acids is 1. The molecule has 0 aliphatic heterocycles. The third-order valence-corrected chi connectivity index (χ3v) is 3.80. The molecule has 1 aromatic heterocycles. The molecule has 2 aromatic rings. The summed E-state index contributed by atoms with van der Waals surface area (Å²) in [6.45, 7) is 1.67. The van der Waals surface area contributed by atoms with E-state index in [4.69, 9.17) is 28.9 Å². The average molecular weight is 320 g/mol. The third kappa shape index (κ3) is 2.97. The lowest BCUT2D eigenvalue weighted by Crippen LogP contribution is -2.11. The van der Waals surface area contributed by atoms with Gasteiger partial charge in [-0.25, -0.2) is 9.37 Å². The number of thiazole rings is 1. The van der Waals surface area contributed by atoms with Crippen LogP contribution in [0.1, 0.15) is 15.4 Å². The van der Waals surface area contributed by atoms with Gasteiger partial charge in [-0.3, -0.25) is 4.79 Å². The predicted molar refractivity (Wildman–Crippen MR) is 75.6 cm³/mol. The monoisotopic (exact) mass is 319 g/mol. The molecule has 4 nitrogen and oxygen atoms in total. The van der Waals surface area contributed by atoms with Crippen LogP contribution in [0.5, 0.6) is 0 Å². The fourth-order valence-corrected chi connectivity index (χ4v) is 2.66. The van der Waals surface area contributed by atoms with E-state index in [0.29, 0.717) is 21.4 Å². The zero-order chi connectivity index (χ0) is 14.2. The Bertz CT molecular complexity index is 636. The van der Waals surface area contributed by atoms with E-state index >= 15 is 0 Å². The Morgan fingerprint density at radius 2 is 2.00 bits per heavy atom. The lowest BCUT2D eigenvalue weighted by molar-refractivity contribution is 0.103. The molecule has 0 atom stereocenters. The number of hydrogen-bond donors (Lipinski definition) is 2. The lowest BCUT2D eigenvalue weighted by atomic mass is 10.3. The molecule has 0 bridgehead atoms. The number of aryl methyl sites for hydroxylation is 1. The molecule has 0 aliphatic carbocycles. The molecular weight excluding hydrogens is 312 g/mol. The van der Waals surface area contributed by atoms with Crippen LogP contribution in [0.2, 0.25) is 10.0 Å². The van der Waals surface area contributed by atoms with E-state index in [0.717, 1.165) is 11.3 Å². The fourth-order valence-electron chi connectivity index (χ4n) is 1.44. The van der Waals surface area contributed by atoms with Gasteiger partial charge in [0.2, 0.25) is 0 Å². The van der Waals surface area contributed by atoms with Gasteiger partial charge in [-0.1, -0.05) is 34.5 Å². The molecule has 1 amide bonds. The maximum absolute atomic E-state index is 13.2. The van der Waals surface area contributed by atoms with Crippen LogP contribution in [0.3, 0.4) is 0 Å². The minimum Gasteiger partial charge on any atom is -0.375 e. The highest BCUT2D eigenvalue weighted by atomic mass is 35.5. The second-order valence-electron chi connectivity index (χ2n) is 3.67. The number of aromatic nitrogens is 1. The van der Waals surface area contributed by atoms with Gasteiger partial charge in [0.25, 0.3) is 5.91 Å². The zero-order valence-electron chi connectivity index (χ0n) is 9.63. The van der Waals surface area contributed by atoms with Crippen molar-refractivity contribution in [3.05, 3.63) is 38.6 Å². The van der Waals surface area contributed by atoms with Gasteiger partial charge < -0.3 is 11.1 Å². The molecule has 0 saturated heterocycles. The van der Waals surface area contributed by atoms with E-state index in [-0.39, 0.29) is 10.0 Å². The van der Waals surface area contributed by atoms with Gasteiger partial charge in [-0.2, -0.15) is 0 Å². The molecule has 0 fully saturated rings. The molecule has 3 N–H and O–H groups in total. The summed E-state index contributed by atoms with van der Waals surface area (Å²) in [7, 11) is 0. The number of benzene rings is 1. The third-order valence-electron chi connectivity index (χ3n) is 2.26. The first-order valence-electron chi connectivity index (χ1n) is 5.07. The molecule has 8 heteroatoms. The summed E-state index contributed by atoms with van der Waals surface area (Å²) in [6.07, 6.45) is 0. The van der Waals surface area contributed by atoms with Crippen molar-refractivity contribution < 1.29 is 9.18 Å². The van der Waals surface area contributed by atoms with Crippen LogP contribution in [0, 0.1) is 12.7 Å². The Kier molecular flexibility index (Phi) is 3.93. The van der Waals surface area contributed by atoms with E-state index in [1.165, 1.54) is 12.1 Å². The second kappa shape index (κ2) is 5.32. The van der Waals surface area contributed by atoms with Crippen LogP contribution in [0.25, 0.3) is 0 Å². The summed E-state index contributed by atoms with van der Waals surface area (Å²) in [5.74, 6) is -1.12. The molecule has 0 saturated carbocycles. The van der Waals surface area contributed by atoms with E-state index < -0.39 is 11.7 Å². The molecule has 19 heavy (non-hydrogen) atoms. The summed E-state index contributed by atoms with van der Waals surface area (Å²) in [5, 5.41) is 2.54. The van der Waals surface area contributed by atoms with Gasteiger partial charge in [-0.15, -0.1) is 0 Å².